The fourth-order valence-electron chi connectivity index (χ4n) is 0. The molecule has 0 fully saturated rings. The van der Waals surface area contributed by atoms with Crippen LogP contribution >= 0.6 is 0 Å². The molecule has 0 aromatic heterocycles. The van der Waals surface area contributed by atoms with E-state index >= 15 is 0 Å². The normalized spacial score (nSPS) is 6.20. The molecule has 0 radical (unpaired) electrons. The van der Waals surface area contributed by atoms with Crippen LogP contribution in [-0.2, 0) is 9.59 Å². The molecule has 0 amide bonds. The van der Waals surface area contributed by atoms with Crippen molar-refractivity contribution in [3.63, 3.8) is 0 Å². The van der Waals surface area contributed by atoms with Gasteiger partial charge in [0.25, 0.3) is 5.97 Å². The van der Waals surface area contributed by atoms with Gasteiger partial charge < -0.3 is 20.7 Å². The summed E-state index contributed by atoms with van der Waals surface area (Å²) < 4.78 is 0. The Morgan fingerprint density at radius 2 is 1.70 bits per heavy atom. The Balaban J connectivity index is -0.0000000910. The Kier molecular flexibility index (Phi) is 19.2. The van der Waals surface area contributed by atoms with Crippen LogP contribution in [0.4, 0.5) is 0 Å². The van der Waals surface area contributed by atoms with Gasteiger partial charge in [-0.1, -0.05) is 0 Å². The molecule has 0 saturated heterocycles. The van der Waals surface area contributed by atoms with Gasteiger partial charge in [-0.25, -0.2) is 0 Å². The molecule has 5 nitrogen and oxygen atoms in total. The Labute approximate surface area is 80.5 Å². The molecule has 0 spiro atoms. The average molecular weight is 157 g/mol. The van der Waals surface area contributed by atoms with E-state index < -0.39 is 11.9 Å². The molecule has 0 aliphatic rings. The Morgan fingerprint density at radius 1 is 1.60 bits per heavy atom. The summed E-state index contributed by atoms with van der Waals surface area (Å²) in [6, 6.07) is 0. The Morgan fingerprint density at radius 3 is 1.70 bits per heavy atom. The number of aliphatic carboxylic acids is 2. The van der Waals surface area contributed by atoms with E-state index in [-0.39, 0.29) is 36.1 Å². The number of rotatable bonds is 1. The minimum atomic E-state index is -1.22. The third-order valence-corrected chi connectivity index (χ3v) is 0.167. The first-order valence-electron chi connectivity index (χ1n) is 2.10. The van der Waals surface area contributed by atoms with Crippen LogP contribution in [0, 0.1) is 0 Å². The summed E-state index contributed by atoms with van der Waals surface area (Å²) in [6.45, 7) is 0.694. The third kappa shape index (κ3) is 104. The standard InChI is InChI=1S/C2H5NO2.C2H4O2.Na/c3-1-2(4)5;1-2(3)4;/h1,3H2,(H,4,5);1H3,(H,3,4);/q;;+1/p-1. The second kappa shape index (κ2) is 11.7. The number of carboxylic acid groups (broad SMARTS) is 2. The number of nitrogens with two attached hydrogens (primary N) is 1. The summed E-state index contributed by atoms with van der Waals surface area (Å²) in [5.41, 5.74) is 4.51. The van der Waals surface area contributed by atoms with E-state index in [4.69, 9.17) is 19.8 Å². The average Bonchev–Trinajstić information content (AvgIpc) is 1.65. The summed E-state index contributed by atoms with van der Waals surface area (Å²) in [6.07, 6.45) is 0. The number of hydrogen-bond donors (Lipinski definition) is 2. The van der Waals surface area contributed by atoms with E-state index in [1.807, 2.05) is 0 Å². The second-order valence-electron chi connectivity index (χ2n) is 1.10. The van der Waals surface area contributed by atoms with Crippen LogP contribution in [0.5, 0.6) is 0 Å². The van der Waals surface area contributed by atoms with Gasteiger partial charge in [0, 0.05) is 13.5 Å². The van der Waals surface area contributed by atoms with Crippen LogP contribution in [0.2, 0.25) is 0 Å². The van der Waals surface area contributed by atoms with Crippen molar-refractivity contribution in [1.29, 1.82) is 0 Å². The van der Waals surface area contributed by atoms with Crippen LogP contribution in [0.1, 0.15) is 6.92 Å². The molecule has 0 rings (SSSR count). The van der Waals surface area contributed by atoms with Gasteiger partial charge in [-0.2, -0.15) is 0 Å². The molecule has 10 heavy (non-hydrogen) atoms. The summed E-state index contributed by atoms with van der Waals surface area (Å²) in [4.78, 5) is 18.1. The number of carbonyl (C=O) groups excluding carboxylic acids is 1. The van der Waals surface area contributed by atoms with Crippen LogP contribution in [0.15, 0.2) is 0 Å². The van der Waals surface area contributed by atoms with E-state index in [0.29, 0.717) is 0 Å². The maximum Gasteiger partial charge on any atom is 1.00 e. The molecule has 0 aromatic carbocycles. The molecule has 6 heteroatoms. The zero-order chi connectivity index (χ0) is 7.86. The Bertz CT molecular complexity index is 101. The van der Waals surface area contributed by atoms with E-state index in [0.717, 1.165) is 6.92 Å². The van der Waals surface area contributed by atoms with Crippen molar-refractivity contribution in [2.75, 3.05) is 6.54 Å². The van der Waals surface area contributed by atoms with Crippen LogP contribution in [-0.4, -0.2) is 23.6 Å². The first-order chi connectivity index (χ1) is 4.00. The van der Waals surface area contributed by atoms with Crippen LogP contribution in [0.25, 0.3) is 0 Å². The van der Waals surface area contributed by atoms with Crippen molar-refractivity contribution in [1.82, 2.24) is 0 Å². The van der Waals surface area contributed by atoms with E-state index in [1.54, 1.807) is 0 Å². The molecule has 3 N–H and O–H groups in total. The molecular weight excluding hydrogens is 149 g/mol. The van der Waals surface area contributed by atoms with Gasteiger partial charge in [0.05, 0.1) is 5.97 Å². The topological polar surface area (TPSA) is 103 Å². The monoisotopic (exact) mass is 157 g/mol. The summed E-state index contributed by atoms with van der Waals surface area (Å²) in [7, 11) is 0. The molecule has 0 bridgehead atoms. The van der Waals surface area contributed by atoms with Gasteiger partial charge in [0.2, 0.25) is 0 Å². The predicted octanol–water partition coefficient (Wildman–Crippen LogP) is -5.21. The van der Waals surface area contributed by atoms with E-state index in [9.17, 15) is 0 Å². The summed E-state index contributed by atoms with van der Waals surface area (Å²) in [5, 5.41) is 16.5. The van der Waals surface area contributed by atoms with Gasteiger partial charge in [0.1, 0.15) is 0 Å². The first kappa shape index (κ1) is 16.5. The molecule has 0 saturated carbocycles. The SMILES string of the molecule is CC(=O)O.NCC(=O)[O-].[Na+]. The minimum absolute atomic E-state index is 0. The van der Waals surface area contributed by atoms with E-state index in [1.165, 1.54) is 0 Å². The predicted molar refractivity (Wildman–Crippen MR) is 27.4 cm³/mol. The van der Waals surface area contributed by atoms with Gasteiger partial charge in [0.15, 0.2) is 0 Å². The Hall–Kier alpha value is -0.100. The van der Waals surface area contributed by atoms with Crippen molar-refractivity contribution in [2.24, 2.45) is 5.73 Å². The zero-order valence-corrected chi connectivity index (χ0v) is 7.96. The third-order valence-electron chi connectivity index (χ3n) is 0.167. The van der Waals surface area contributed by atoms with Gasteiger partial charge in [-0.05, 0) is 0 Å². The largest absolute Gasteiger partial charge is 1.00 e. The van der Waals surface area contributed by atoms with Crippen molar-refractivity contribution >= 4 is 11.9 Å². The maximum atomic E-state index is 9.13. The van der Waals surface area contributed by atoms with Crippen molar-refractivity contribution in [3.05, 3.63) is 0 Å². The quantitative estimate of drug-likeness (QED) is 0.370. The summed E-state index contributed by atoms with van der Waals surface area (Å²) in [5.74, 6) is -2.05. The van der Waals surface area contributed by atoms with Crippen LogP contribution < -0.4 is 40.4 Å². The molecule has 0 unspecified atom stereocenters. The smallest absolute Gasteiger partial charge is 0.549 e. The number of carboxylic acids is 2. The molecule has 0 aromatic rings. The van der Waals surface area contributed by atoms with Gasteiger partial charge in [-0.15, -0.1) is 0 Å². The number of hydrogen-bond acceptors (Lipinski definition) is 4. The second-order valence-corrected chi connectivity index (χ2v) is 1.10. The molecule has 54 valence electrons. The van der Waals surface area contributed by atoms with Crippen molar-refractivity contribution in [2.45, 2.75) is 6.92 Å². The molecule has 0 aliphatic heterocycles. The molecular formula is C4H8NNaO4. The molecule has 0 aliphatic carbocycles. The van der Waals surface area contributed by atoms with E-state index in [2.05, 4.69) is 5.73 Å². The molecule has 0 heterocycles. The first-order valence-corrected chi connectivity index (χ1v) is 2.10. The zero-order valence-electron chi connectivity index (χ0n) is 5.96. The molecule has 0 atom stereocenters. The minimum Gasteiger partial charge on any atom is -0.549 e. The summed E-state index contributed by atoms with van der Waals surface area (Å²) >= 11 is 0. The van der Waals surface area contributed by atoms with Gasteiger partial charge >= 0.3 is 29.6 Å². The van der Waals surface area contributed by atoms with Gasteiger partial charge in [-0.3, -0.25) is 4.79 Å². The maximum absolute atomic E-state index is 9.13. The van der Waals surface area contributed by atoms with Crippen molar-refractivity contribution < 1.29 is 49.4 Å². The van der Waals surface area contributed by atoms with Crippen LogP contribution in [0.3, 0.4) is 0 Å². The fourth-order valence-corrected chi connectivity index (χ4v) is 0. The van der Waals surface area contributed by atoms with Crippen molar-refractivity contribution in [3.8, 4) is 0 Å². The number of carbonyl (C=O) groups is 2. The fraction of sp³-hybridized carbons (Fsp3) is 0.500.